The number of rotatable bonds is 8. The molecule has 0 atom stereocenters. The van der Waals surface area contributed by atoms with Crippen molar-refractivity contribution in [2.45, 2.75) is 46.6 Å². The summed E-state index contributed by atoms with van der Waals surface area (Å²) in [6, 6.07) is 11.7. The summed E-state index contributed by atoms with van der Waals surface area (Å²) < 4.78 is 0. The maximum atomic E-state index is 13.0. The lowest BCUT2D eigenvalue weighted by Gasteiger charge is -2.21. The number of hydrogen-bond acceptors (Lipinski definition) is 4. The van der Waals surface area contributed by atoms with Crippen molar-refractivity contribution in [1.29, 1.82) is 0 Å². The third kappa shape index (κ3) is 5.28. The summed E-state index contributed by atoms with van der Waals surface area (Å²) in [6.07, 6.45) is 1.86. The number of carbonyl (C=O) groups excluding carboxylic acids is 1. The predicted molar refractivity (Wildman–Crippen MR) is 103 cm³/mol. The van der Waals surface area contributed by atoms with E-state index in [0.29, 0.717) is 17.3 Å². The quantitative estimate of drug-likeness (QED) is 0.781. The highest BCUT2D eigenvalue weighted by Gasteiger charge is 2.18. The topological polar surface area (TPSA) is 58.1 Å². The van der Waals surface area contributed by atoms with Crippen LogP contribution in [0.3, 0.4) is 0 Å². The van der Waals surface area contributed by atoms with Gasteiger partial charge in [-0.05, 0) is 26.7 Å². The summed E-state index contributed by atoms with van der Waals surface area (Å²) >= 11 is 0. The molecular formula is C20H28N4O. The summed E-state index contributed by atoms with van der Waals surface area (Å²) in [4.78, 5) is 24.0. The maximum Gasteiger partial charge on any atom is 0.272 e. The first-order valence-corrected chi connectivity index (χ1v) is 9.05. The second-order valence-electron chi connectivity index (χ2n) is 6.42. The molecule has 2 aromatic rings. The van der Waals surface area contributed by atoms with E-state index in [9.17, 15) is 4.79 Å². The Balaban J connectivity index is 2.43. The fourth-order valence-corrected chi connectivity index (χ4v) is 2.66. The minimum absolute atomic E-state index is 0.0323. The van der Waals surface area contributed by atoms with Gasteiger partial charge in [0.25, 0.3) is 5.91 Å². The Bertz CT molecular complexity index is 679. The highest BCUT2D eigenvalue weighted by atomic mass is 16.2. The fourth-order valence-electron chi connectivity index (χ4n) is 2.66. The zero-order valence-electron chi connectivity index (χ0n) is 15.6. The van der Waals surface area contributed by atoms with Gasteiger partial charge in [0.2, 0.25) is 0 Å². The number of aromatic nitrogens is 2. The molecule has 1 N–H and O–H groups in total. The molecule has 0 saturated carbocycles. The van der Waals surface area contributed by atoms with Gasteiger partial charge in [-0.3, -0.25) is 4.79 Å². The first-order valence-electron chi connectivity index (χ1n) is 9.05. The van der Waals surface area contributed by atoms with Gasteiger partial charge in [0, 0.05) is 30.8 Å². The van der Waals surface area contributed by atoms with Gasteiger partial charge in [0.05, 0.1) is 0 Å². The molecular weight excluding hydrogens is 312 g/mol. The molecule has 1 aromatic heterocycles. The summed E-state index contributed by atoms with van der Waals surface area (Å²) in [5, 5.41) is 3.29. The first-order chi connectivity index (χ1) is 12.0. The maximum absolute atomic E-state index is 13.0. The van der Waals surface area contributed by atoms with Crippen molar-refractivity contribution in [1.82, 2.24) is 14.9 Å². The van der Waals surface area contributed by atoms with Crippen LogP contribution in [0.2, 0.25) is 0 Å². The van der Waals surface area contributed by atoms with Crippen LogP contribution in [0.5, 0.6) is 0 Å². The average Bonchev–Trinajstić information content (AvgIpc) is 2.61. The molecule has 0 aliphatic carbocycles. The smallest absolute Gasteiger partial charge is 0.272 e. The number of anilines is 1. The van der Waals surface area contributed by atoms with Crippen molar-refractivity contribution in [3.05, 3.63) is 42.1 Å². The molecule has 0 radical (unpaired) electrons. The van der Waals surface area contributed by atoms with Crippen LogP contribution in [-0.2, 0) is 0 Å². The number of benzene rings is 1. The Morgan fingerprint density at radius 3 is 2.28 bits per heavy atom. The van der Waals surface area contributed by atoms with E-state index in [1.54, 1.807) is 6.07 Å². The van der Waals surface area contributed by atoms with Crippen molar-refractivity contribution in [3.8, 4) is 11.4 Å². The molecule has 0 saturated heterocycles. The van der Waals surface area contributed by atoms with E-state index in [1.165, 1.54) is 0 Å². The molecule has 1 heterocycles. The standard InChI is InChI=1S/C20H28N4O/c1-5-12-24(13-6-2)20(25)17-14-18(21-15(3)4)23-19(22-17)16-10-8-7-9-11-16/h7-11,14-15H,5-6,12-13H2,1-4H3,(H,21,22,23). The van der Waals surface area contributed by atoms with Crippen LogP contribution >= 0.6 is 0 Å². The van der Waals surface area contributed by atoms with Gasteiger partial charge < -0.3 is 10.2 Å². The molecule has 5 heteroatoms. The minimum atomic E-state index is -0.0323. The average molecular weight is 340 g/mol. The van der Waals surface area contributed by atoms with Gasteiger partial charge in [-0.15, -0.1) is 0 Å². The fraction of sp³-hybridized carbons (Fsp3) is 0.450. The summed E-state index contributed by atoms with van der Waals surface area (Å²) in [5.74, 6) is 1.22. The Morgan fingerprint density at radius 2 is 1.72 bits per heavy atom. The zero-order chi connectivity index (χ0) is 18.2. The zero-order valence-corrected chi connectivity index (χ0v) is 15.6. The van der Waals surface area contributed by atoms with Crippen molar-refractivity contribution < 1.29 is 4.79 Å². The van der Waals surface area contributed by atoms with Gasteiger partial charge in [0.15, 0.2) is 5.82 Å². The van der Waals surface area contributed by atoms with E-state index in [2.05, 4.69) is 29.1 Å². The molecule has 0 spiro atoms. The van der Waals surface area contributed by atoms with Crippen LogP contribution in [0.15, 0.2) is 36.4 Å². The highest BCUT2D eigenvalue weighted by Crippen LogP contribution is 2.19. The highest BCUT2D eigenvalue weighted by molar-refractivity contribution is 5.93. The molecule has 0 aliphatic heterocycles. The van der Waals surface area contributed by atoms with Gasteiger partial charge in [0.1, 0.15) is 11.5 Å². The third-order valence-electron chi connectivity index (χ3n) is 3.69. The molecule has 5 nitrogen and oxygen atoms in total. The molecule has 0 bridgehead atoms. The van der Waals surface area contributed by atoms with Crippen molar-refractivity contribution in [3.63, 3.8) is 0 Å². The predicted octanol–water partition coefficient (Wildman–Crippen LogP) is 4.23. The SMILES string of the molecule is CCCN(CCC)C(=O)c1cc(NC(C)C)nc(-c2ccccc2)n1. The number of nitrogens with one attached hydrogen (secondary N) is 1. The van der Waals surface area contributed by atoms with Crippen molar-refractivity contribution >= 4 is 11.7 Å². The Hall–Kier alpha value is -2.43. The third-order valence-corrected chi connectivity index (χ3v) is 3.69. The van der Waals surface area contributed by atoms with Crippen LogP contribution < -0.4 is 5.32 Å². The molecule has 25 heavy (non-hydrogen) atoms. The largest absolute Gasteiger partial charge is 0.368 e. The van der Waals surface area contributed by atoms with Crippen molar-refractivity contribution in [2.24, 2.45) is 0 Å². The van der Waals surface area contributed by atoms with Crippen LogP contribution in [-0.4, -0.2) is 39.9 Å². The number of carbonyl (C=O) groups is 1. The van der Waals surface area contributed by atoms with Gasteiger partial charge >= 0.3 is 0 Å². The van der Waals surface area contributed by atoms with E-state index < -0.39 is 0 Å². The van der Waals surface area contributed by atoms with Crippen LogP contribution in [0, 0.1) is 0 Å². The lowest BCUT2D eigenvalue weighted by Crippen LogP contribution is -2.33. The van der Waals surface area contributed by atoms with Crippen LogP contribution in [0.25, 0.3) is 11.4 Å². The number of hydrogen-bond donors (Lipinski definition) is 1. The molecule has 1 aromatic carbocycles. The van der Waals surface area contributed by atoms with E-state index in [1.807, 2.05) is 49.1 Å². The van der Waals surface area contributed by atoms with Crippen LogP contribution in [0.1, 0.15) is 51.0 Å². The lowest BCUT2D eigenvalue weighted by molar-refractivity contribution is 0.0749. The molecule has 1 amide bonds. The number of nitrogens with zero attached hydrogens (tertiary/aromatic N) is 3. The second kappa shape index (κ2) is 9.16. The Morgan fingerprint density at radius 1 is 1.08 bits per heavy atom. The first kappa shape index (κ1) is 18.9. The lowest BCUT2D eigenvalue weighted by atomic mass is 10.2. The van der Waals surface area contributed by atoms with Gasteiger partial charge in [-0.25, -0.2) is 9.97 Å². The molecule has 2 rings (SSSR count). The van der Waals surface area contributed by atoms with Crippen LogP contribution in [0.4, 0.5) is 5.82 Å². The minimum Gasteiger partial charge on any atom is -0.368 e. The van der Waals surface area contributed by atoms with E-state index in [0.717, 1.165) is 31.5 Å². The Labute approximate surface area is 150 Å². The molecule has 0 fully saturated rings. The molecule has 0 aliphatic rings. The normalized spacial score (nSPS) is 10.8. The van der Waals surface area contributed by atoms with Crippen molar-refractivity contribution in [2.75, 3.05) is 18.4 Å². The summed E-state index contributed by atoms with van der Waals surface area (Å²) in [6.45, 7) is 9.74. The second-order valence-corrected chi connectivity index (χ2v) is 6.42. The summed E-state index contributed by atoms with van der Waals surface area (Å²) in [7, 11) is 0. The van der Waals surface area contributed by atoms with Gasteiger partial charge in [-0.1, -0.05) is 44.2 Å². The van der Waals surface area contributed by atoms with E-state index >= 15 is 0 Å². The monoisotopic (exact) mass is 340 g/mol. The van der Waals surface area contributed by atoms with E-state index in [4.69, 9.17) is 0 Å². The van der Waals surface area contributed by atoms with Gasteiger partial charge in [-0.2, -0.15) is 0 Å². The van der Waals surface area contributed by atoms with E-state index in [-0.39, 0.29) is 11.9 Å². The molecule has 134 valence electrons. The Kier molecular flexibility index (Phi) is 6.92. The number of amides is 1. The molecule has 0 unspecified atom stereocenters. The summed E-state index contributed by atoms with van der Waals surface area (Å²) in [5.41, 5.74) is 1.35.